The molecule has 0 spiro atoms. The highest BCUT2D eigenvalue weighted by atomic mass is 16.5. The van der Waals surface area contributed by atoms with Crippen LogP contribution in [0.5, 0.6) is 0 Å². The van der Waals surface area contributed by atoms with Gasteiger partial charge in [0.1, 0.15) is 5.82 Å². The van der Waals surface area contributed by atoms with Gasteiger partial charge in [-0.1, -0.05) is 11.6 Å². The topological polar surface area (TPSA) is 47.4 Å². The average Bonchev–Trinajstić information content (AvgIpc) is 2.93. The molecule has 1 aliphatic carbocycles. The van der Waals surface area contributed by atoms with E-state index in [0.717, 1.165) is 37.4 Å². The van der Waals surface area contributed by atoms with E-state index in [4.69, 9.17) is 4.74 Å². The van der Waals surface area contributed by atoms with Crippen LogP contribution in [0.4, 0.5) is 0 Å². The molecule has 1 aromatic rings. The van der Waals surface area contributed by atoms with Gasteiger partial charge in [0.15, 0.2) is 0 Å². The van der Waals surface area contributed by atoms with Crippen molar-refractivity contribution in [2.75, 3.05) is 13.7 Å². The molecule has 5 nitrogen and oxygen atoms in total. The molecule has 0 fully saturated rings. The molecule has 1 atom stereocenters. The Kier molecular flexibility index (Phi) is 4.62. The number of nitrogens with zero attached hydrogens (tertiary/aromatic N) is 3. The molecule has 120 valence electrons. The maximum atomic E-state index is 12.6. The summed E-state index contributed by atoms with van der Waals surface area (Å²) < 4.78 is 7.41. The van der Waals surface area contributed by atoms with Gasteiger partial charge < -0.3 is 14.2 Å². The Morgan fingerprint density at radius 1 is 1.41 bits per heavy atom. The van der Waals surface area contributed by atoms with Gasteiger partial charge in [0.25, 0.3) is 0 Å². The average molecular weight is 303 g/mol. The summed E-state index contributed by atoms with van der Waals surface area (Å²) in [5.41, 5.74) is 2.41. The SMILES string of the molecule is COCc1cnc2n1CCN(C(=O)CC1=CCCCC1)[C@@H]2C. The number of carbonyl (C=O) groups excluding carboxylic acids is 1. The van der Waals surface area contributed by atoms with Gasteiger partial charge in [0.05, 0.1) is 24.5 Å². The van der Waals surface area contributed by atoms with Gasteiger partial charge in [-0.25, -0.2) is 4.98 Å². The second-order valence-corrected chi connectivity index (χ2v) is 6.24. The lowest BCUT2D eigenvalue weighted by Crippen LogP contribution is -2.41. The predicted octanol–water partition coefficient (Wildman–Crippen LogP) is 2.82. The molecule has 5 heteroatoms. The highest BCUT2D eigenvalue weighted by Gasteiger charge is 2.30. The first-order valence-corrected chi connectivity index (χ1v) is 8.21. The van der Waals surface area contributed by atoms with Crippen LogP contribution in [0, 0.1) is 0 Å². The molecule has 1 aliphatic heterocycles. The van der Waals surface area contributed by atoms with Crippen LogP contribution in [0.1, 0.15) is 56.6 Å². The minimum absolute atomic E-state index is 0.0380. The molecule has 0 radical (unpaired) electrons. The van der Waals surface area contributed by atoms with Crippen molar-refractivity contribution in [1.29, 1.82) is 0 Å². The third-order valence-corrected chi connectivity index (χ3v) is 4.75. The zero-order chi connectivity index (χ0) is 15.5. The summed E-state index contributed by atoms with van der Waals surface area (Å²) in [4.78, 5) is 19.1. The molecule has 0 bridgehead atoms. The van der Waals surface area contributed by atoms with E-state index in [2.05, 4.69) is 22.6 Å². The Labute approximate surface area is 132 Å². The Balaban J connectivity index is 1.70. The first-order chi connectivity index (χ1) is 10.7. The van der Waals surface area contributed by atoms with Gasteiger partial charge in [0.2, 0.25) is 5.91 Å². The molecular weight excluding hydrogens is 278 g/mol. The third kappa shape index (κ3) is 2.95. The number of methoxy groups -OCH3 is 1. The quantitative estimate of drug-likeness (QED) is 0.804. The van der Waals surface area contributed by atoms with Crippen molar-refractivity contribution in [3.05, 3.63) is 29.4 Å². The minimum Gasteiger partial charge on any atom is -0.378 e. The summed E-state index contributed by atoms with van der Waals surface area (Å²) >= 11 is 0. The Morgan fingerprint density at radius 3 is 3.00 bits per heavy atom. The highest BCUT2D eigenvalue weighted by molar-refractivity contribution is 5.79. The van der Waals surface area contributed by atoms with Crippen molar-refractivity contribution < 1.29 is 9.53 Å². The van der Waals surface area contributed by atoms with Crippen LogP contribution in [0.25, 0.3) is 0 Å². The van der Waals surface area contributed by atoms with Crippen molar-refractivity contribution in [3.8, 4) is 0 Å². The molecule has 0 saturated heterocycles. The molecular formula is C17H25N3O2. The van der Waals surface area contributed by atoms with E-state index in [1.165, 1.54) is 18.4 Å². The molecule has 2 heterocycles. The van der Waals surface area contributed by atoms with Crippen molar-refractivity contribution in [2.24, 2.45) is 0 Å². The molecule has 0 unspecified atom stereocenters. The van der Waals surface area contributed by atoms with Gasteiger partial charge in [-0.05, 0) is 32.6 Å². The number of hydrogen-bond donors (Lipinski definition) is 0. The van der Waals surface area contributed by atoms with Gasteiger partial charge in [-0.15, -0.1) is 0 Å². The van der Waals surface area contributed by atoms with E-state index in [-0.39, 0.29) is 11.9 Å². The molecule has 0 N–H and O–H groups in total. The number of imidazole rings is 1. The van der Waals surface area contributed by atoms with Crippen molar-refractivity contribution in [3.63, 3.8) is 0 Å². The van der Waals surface area contributed by atoms with Crippen LogP contribution >= 0.6 is 0 Å². The third-order valence-electron chi connectivity index (χ3n) is 4.75. The van der Waals surface area contributed by atoms with Crippen LogP contribution in [0.15, 0.2) is 17.8 Å². The van der Waals surface area contributed by atoms with Gasteiger partial charge in [-0.3, -0.25) is 4.79 Å². The van der Waals surface area contributed by atoms with Crippen LogP contribution in [0.3, 0.4) is 0 Å². The molecule has 0 saturated carbocycles. The summed E-state index contributed by atoms with van der Waals surface area (Å²) in [6.45, 7) is 4.21. The van der Waals surface area contributed by atoms with Gasteiger partial charge in [-0.2, -0.15) is 0 Å². The first-order valence-electron chi connectivity index (χ1n) is 8.21. The number of rotatable bonds is 4. The van der Waals surface area contributed by atoms with Crippen molar-refractivity contribution >= 4 is 5.91 Å². The summed E-state index contributed by atoms with van der Waals surface area (Å²) in [6, 6.07) is 0.0380. The Morgan fingerprint density at radius 2 is 2.27 bits per heavy atom. The zero-order valence-corrected chi connectivity index (χ0v) is 13.5. The lowest BCUT2D eigenvalue weighted by atomic mass is 9.96. The highest BCUT2D eigenvalue weighted by Crippen LogP contribution is 2.28. The number of hydrogen-bond acceptors (Lipinski definition) is 3. The largest absolute Gasteiger partial charge is 0.378 e. The summed E-state index contributed by atoms with van der Waals surface area (Å²) in [6.07, 6.45) is 9.40. The number of ether oxygens (including phenoxy) is 1. The second kappa shape index (κ2) is 6.65. The lowest BCUT2D eigenvalue weighted by Gasteiger charge is -2.35. The molecule has 2 aliphatic rings. The number of carbonyl (C=O) groups is 1. The maximum Gasteiger partial charge on any atom is 0.227 e. The smallest absolute Gasteiger partial charge is 0.227 e. The van der Waals surface area contributed by atoms with E-state index in [9.17, 15) is 4.79 Å². The van der Waals surface area contributed by atoms with Crippen LogP contribution in [-0.4, -0.2) is 34.0 Å². The fourth-order valence-electron chi connectivity index (χ4n) is 3.52. The van der Waals surface area contributed by atoms with E-state index in [1.807, 2.05) is 11.1 Å². The minimum atomic E-state index is 0.0380. The number of allylic oxidation sites excluding steroid dienone is 1. The Bertz CT molecular complexity index is 576. The number of amides is 1. The van der Waals surface area contributed by atoms with Crippen molar-refractivity contribution in [2.45, 2.75) is 58.2 Å². The summed E-state index contributed by atoms with van der Waals surface area (Å²) in [5, 5.41) is 0. The molecule has 3 rings (SSSR count). The van der Waals surface area contributed by atoms with E-state index < -0.39 is 0 Å². The summed E-state index contributed by atoms with van der Waals surface area (Å²) in [7, 11) is 1.69. The Hall–Kier alpha value is -1.62. The van der Waals surface area contributed by atoms with Gasteiger partial charge in [0, 0.05) is 26.6 Å². The normalized spacial score (nSPS) is 21.5. The maximum absolute atomic E-state index is 12.6. The monoisotopic (exact) mass is 303 g/mol. The number of aromatic nitrogens is 2. The van der Waals surface area contributed by atoms with Gasteiger partial charge >= 0.3 is 0 Å². The van der Waals surface area contributed by atoms with E-state index >= 15 is 0 Å². The van der Waals surface area contributed by atoms with Crippen LogP contribution < -0.4 is 0 Å². The second-order valence-electron chi connectivity index (χ2n) is 6.24. The fraction of sp³-hybridized carbons (Fsp3) is 0.647. The zero-order valence-electron chi connectivity index (χ0n) is 13.5. The number of fused-ring (bicyclic) bond motifs is 1. The predicted molar refractivity (Wildman–Crippen MR) is 84.2 cm³/mol. The molecule has 0 aromatic carbocycles. The van der Waals surface area contributed by atoms with E-state index in [1.54, 1.807) is 7.11 Å². The van der Waals surface area contributed by atoms with E-state index in [0.29, 0.717) is 13.0 Å². The first kappa shape index (κ1) is 15.3. The molecule has 22 heavy (non-hydrogen) atoms. The van der Waals surface area contributed by atoms with Crippen molar-refractivity contribution in [1.82, 2.24) is 14.5 Å². The lowest BCUT2D eigenvalue weighted by molar-refractivity contribution is -0.133. The molecule has 1 aromatic heterocycles. The molecule has 1 amide bonds. The summed E-state index contributed by atoms with van der Waals surface area (Å²) in [5.74, 6) is 1.22. The van der Waals surface area contributed by atoms with Crippen LogP contribution in [-0.2, 0) is 22.7 Å². The standard InChI is InChI=1S/C17H25N3O2/c1-13-17-18-11-15(12-22-2)20(17)9-8-19(13)16(21)10-14-6-4-3-5-7-14/h6,11,13H,3-5,7-10,12H2,1-2H3/t13-/m1/s1. The fourth-order valence-corrected chi connectivity index (χ4v) is 3.52. The van der Waals surface area contributed by atoms with Crippen LogP contribution in [0.2, 0.25) is 0 Å².